The van der Waals surface area contributed by atoms with Crippen LogP contribution in [0.2, 0.25) is 0 Å². The minimum Gasteiger partial charge on any atom is -0.324 e. The molecule has 7 heteroatoms. The van der Waals surface area contributed by atoms with Crippen molar-refractivity contribution >= 4 is 22.5 Å². The van der Waals surface area contributed by atoms with Gasteiger partial charge in [0.05, 0.1) is 11.2 Å². The minimum absolute atomic E-state index is 0.00860. The smallest absolute Gasteiger partial charge is 0.252 e. The molecule has 3 rings (SSSR count). The van der Waals surface area contributed by atoms with Crippen LogP contribution in [0.5, 0.6) is 0 Å². The number of hydrogen-bond acceptors (Lipinski definition) is 5. The molecule has 0 aliphatic carbocycles. The number of carbonyl (C=O) groups excluding carboxylic acids is 1. The summed E-state index contributed by atoms with van der Waals surface area (Å²) >= 11 is 0. The lowest BCUT2D eigenvalue weighted by molar-refractivity contribution is -0.116. The van der Waals surface area contributed by atoms with Gasteiger partial charge in [0.15, 0.2) is 0 Å². The second kappa shape index (κ2) is 5.38. The van der Waals surface area contributed by atoms with Crippen molar-refractivity contribution in [3.63, 3.8) is 0 Å². The maximum atomic E-state index is 12.0. The summed E-state index contributed by atoms with van der Waals surface area (Å²) in [5.41, 5.74) is 1.49. The lowest BCUT2D eigenvalue weighted by Crippen LogP contribution is -2.19. The molecule has 1 N–H and O–H groups in total. The van der Waals surface area contributed by atoms with Gasteiger partial charge in [0.25, 0.3) is 5.82 Å². The Morgan fingerprint density at radius 3 is 3.00 bits per heavy atom. The molecule has 0 unspecified atom stereocenters. The number of fused-ring (bicyclic) bond motifs is 1. The van der Waals surface area contributed by atoms with Crippen LogP contribution >= 0.6 is 0 Å². The number of hydrogen-bond donors (Lipinski definition) is 1. The highest BCUT2D eigenvalue weighted by molar-refractivity contribution is 6.00. The van der Waals surface area contributed by atoms with Gasteiger partial charge in [0, 0.05) is 11.6 Å². The molecular weight excluding hydrogens is 268 g/mol. The van der Waals surface area contributed by atoms with Crippen LogP contribution in [0, 0.1) is 11.3 Å². The van der Waals surface area contributed by atoms with E-state index in [1.54, 1.807) is 6.20 Å². The second-order valence-electron chi connectivity index (χ2n) is 4.30. The molecule has 2 heterocycles. The SMILES string of the molecule is N#Cc1ncn(CC(=O)Nc2cccc3ncccc23)n1. The fourth-order valence-electron chi connectivity index (χ4n) is 1.97. The van der Waals surface area contributed by atoms with E-state index in [0.29, 0.717) is 5.69 Å². The van der Waals surface area contributed by atoms with Gasteiger partial charge in [-0.15, -0.1) is 5.10 Å². The molecule has 0 bridgehead atoms. The van der Waals surface area contributed by atoms with Crippen LogP contribution in [0.3, 0.4) is 0 Å². The molecule has 0 saturated carbocycles. The predicted octanol–water partition coefficient (Wildman–Crippen LogP) is 1.34. The fraction of sp³-hybridized carbons (Fsp3) is 0.0714. The number of amides is 1. The molecule has 0 aliphatic heterocycles. The van der Waals surface area contributed by atoms with Crippen LogP contribution in [0.4, 0.5) is 5.69 Å². The third-order valence-electron chi connectivity index (χ3n) is 2.86. The number of nitriles is 1. The number of pyridine rings is 1. The van der Waals surface area contributed by atoms with Crippen LogP contribution in [-0.2, 0) is 11.3 Å². The molecule has 0 saturated heterocycles. The topological polar surface area (TPSA) is 96.5 Å². The number of rotatable bonds is 3. The summed E-state index contributed by atoms with van der Waals surface area (Å²) in [5, 5.41) is 16.2. The maximum absolute atomic E-state index is 12.0. The van der Waals surface area contributed by atoms with Gasteiger partial charge in [0.1, 0.15) is 18.9 Å². The van der Waals surface area contributed by atoms with Gasteiger partial charge in [-0.2, -0.15) is 5.26 Å². The highest BCUT2D eigenvalue weighted by Gasteiger charge is 2.08. The molecular formula is C14H10N6O. The number of carbonyl (C=O) groups is 1. The monoisotopic (exact) mass is 278 g/mol. The molecule has 1 aromatic carbocycles. The van der Waals surface area contributed by atoms with Gasteiger partial charge < -0.3 is 5.32 Å². The third kappa shape index (κ3) is 2.69. The van der Waals surface area contributed by atoms with Gasteiger partial charge >= 0.3 is 0 Å². The van der Waals surface area contributed by atoms with E-state index in [1.165, 1.54) is 11.0 Å². The average molecular weight is 278 g/mol. The second-order valence-corrected chi connectivity index (χ2v) is 4.30. The number of nitrogens with one attached hydrogen (secondary N) is 1. The Morgan fingerprint density at radius 1 is 1.29 bits per heavy atom. The standard InChI is InChI=1S/C14H10N6O/c15-7-13-17-9-20(19-13)8-14(21)18-12-5-1-4-11-10(12)3-2-6-16-11/h1-6,9H,8H2,(H,18,21). The highest BCUT2D eigenvalue weighted by Crippen LogP contribution is 2.21. The maximum Gasteiger partial charge on any atom is 0.252 e. The van der Waals surface area contributed by atoms with Crippen molar-refractivity contribution in [2.24, 2.45) is 0 Å². The average Bonchev–Trinajstić information content (AvgIpc) is 2.95. The summed E-state index contributed by atoms with van der Waals surface area (Å²) in [6, 6.07) is 11.0. The van der Waals surface area contributed by atoms with Crippen LogP contribution in [0.15, 0.2) is 42.9 Å². The van der Waals surface area contributed by atoms with E-state index in [0.717, 1.165) is 10.9 Å². The molecule has 3 aromatic rings. The van der Waals surface area contributed by atoms with Crippen molar-refractivity contribution in [2.75, 3.05) is 5.32 Å². The molecule has 102 valence electrons. The summed E-state index contributed by atoms with van der Waals surface area (Å²) in [5.74, 6) is -0.210. The fourth-order valence-corrected chi connectivity index (χ4v) is 1.97. The Labute approximate surface area is 119 Å². The Bertz CT molecular complexity index is 843. The third-order valence-corrected chi connectivity index (χ3v) is 2.86. The lowest BCUT2D eigenvalue weighted by atomic mass is 10.2. The van der Waals surface area contributed by atoms with E-state index in [-0.39, 0.29) is 18.3 Å². The van der Waals surface area contributed by atoms with Gasteiger partial charge in [-0.3, -0.25) is 9.78 Å². The molecule has 0 spiro atoms. The van der Waals surface area contributed by atoms with Crippen LogP contribution < -0.4 is 5.32 Å². The van der Waals surface area contributed by atoms with Crippen molar-refractivity contribution in [3.8, 4) is 6.07 Å². The van der Waals surface area contributed by atoms with Gasteiger partial charge in [-0.05, 0) is 24.3 Å². The summed E-state index contributed by atoms with van der Waals surface area (Å²) in [6.07, 6.45) is 3.05. The molecule has 21 heavy (non-hydrogen) atoms. The van der Waals surface area contributed by atoms with Crippen molar-refractivity contribution < 1.29 is 4.79 Å². The lowest BCUT2D eigenvalue weighted by Gasteiger charge is -2.08. The van der Waals surface area contributed by atoms with Crippen molar-refractivity contribution in [2.45, 2.75) is 6.54 Å². The van der Waals surface area contributed by atoms with Gasteiger partial charge in [-0.1, -0.05) is 6.07 Å². The number of benzene rings is 1. The van der Waals surface area contributed by atoms with E-state index in [2.05, 4.69) is 20.4 Å². The van der Waals surface area contributed by atoms with E-state index in [9.17, 15) is 4.79 Å². The van der Waals surface area contributed by atoms with Crippen molar-refractivity contribution in [3.05, 3.63) is 48.7 Å². The van der Waals surface area contributed by atoms with Crippen LogP contribution in [-0.4, -0.2) is 25.7 Å². The number of nitrogens with zero attached hydrogens (tertiary/aromatic N) is 5. The Balaban J connectivity index is 1.79. The van der Waals surface area contributed by atoms with E-state index < -0.39 is 0 Å². The summed E-state index contributed by atoms with van der Waals surface area (Å²) in [4.78, 5) is 20.0. The summed E-state index contributed by atoms with van der Waals surface area (Å²) in [6.45, 7) is -0.00860. The quantitative estimate of drug-likeness (QED) is 0.779. The number of anilines is 1. The zero-order valence-electron chi connectivity index (χ0n) is 10.9. The Morgan fingerprint density at radius 2 is 2.19 bits per heavy atom. The molecule has 7 nitrogen and oxygen atoms in total. The zero-order chi connectivity index (χ0) is 14.7. The molecule has 0 fully saturated rings. The minimum atomic E-state index is -0.249. The largest absolute Gasteiger partial charge is 0.324 e. The Kier molecular flexibility index (Phi) is 3.27. The van der Waals surface area contributed by atoms with Gasteiger partial charge in [0.2, 0.25) is 5.91 Å². The van der Waals surface area contributed by atoms with Crippen LogP contribution in [0.1, 0.15) is 5.82 Å². The van der Waals surface area contributed by atoms with Crippen LogP contribution in [0.25, 0.3) is 10.9 Å². The summed E-state index contributed by atoms with van der Waals surface area (Å²) in [7, 11) is 0. The van der Waals surface area contributed by atoms with E-state index in [4.69, 9.17) is 5.26 Å². The van der Waals surface area contributed by atoms with E-state index in [1.807, 2.05) is 36.4 Å². The predicted molar refractivity (Wildman–Crippen MR) is 75.1 cm³/mol. The van der Waals surface area contributed by atoms with Crippen molar-refractivity contribution in [1.29, 1.82) is 5.26 Å². The zero-order valence-corrected chi connectivity index (χ0v) is 10.9. The molecule has 0 radical (unpaired) electrons. The molecule has 0 aliphatic rings. The van der Waals surface area contributed by atoms with Crippen molar-refractivity contribution in [1.82, 2.24) is 19.7 Å². The normalized spacial score (nSPS) is 10.2. The number of aromatic nitrogens is 4. The first kappa shape index (κ1) is 12.7. The first-order valence-electron chi connectivity index (χ1n) is 6.19. The summed E-state index contributed by atoms with van der Waals surface area (Å²) < 4.78 is 1.32. The molecule has 0 atom stereocenters. The first-order chi connectivity index (χ1) is 10.3. The highest BCUT2D eigenvalue weighted by atomic mass is 16.2. The van der Waals surface area contributed by atoms with Gasteiger partial charge in [-0.25, -0.2) is 9.67 Å². The van der Waals surface area contributed by atoms with E-state index >= 15 is 0 Å². The Hall–Kier alpha value is -3.27. The molecule has 2 aromatic heterocycles. The first-order valence-corrected chi connectivity index (χ1v) is 6.19. The molecule has 1 amide bonds.